The predicted octanol–water partition coefficient (Wildman–Crippen LogP) is -0.731. The number of carbonyl (C=O) groups is 1. The van der Waals surface area contributed by atoms with Gasteiger partial charge in [0.1, 0.15) is 12.2 Å². The Balaban J connectivity index is 2.01. The summed E-state index contributed by atoms with van der Waals surface area (Å²) in [4.78, 5) is 34.3. The molecule has 2 aromatic rings. The average Bonchev–Trinajstić information content (AvgIpc) is 3.10. The molecule has 136 valence electrons. The number of hydrogen-bond donors (Lipinski definition) is 4. The lowest BCUT2D eigenvalue weighted by Gasteiger charge is -2.15. The number of aromatic amines is 1. The highest BCUT2D eigenvalue weighted by atomic mass is 19.1. The number of nitrogens with zero attached hydrogens (tertiary/aromatic N) is 3. The molecule has 1 fully saturated rings. The first-order valence-corrected chi connectivity index (χ1v) is 7.78. The number of aliphatic hydroxyl groups is 1. The number of aliphatic hydroxyl groups excluding tert-OH is 1. The van der Waals surface area contributed by atoms with Crippen LogP contribution in [0, 0.1) is 5.92 Å². The third kappa shape index (κ3) is 3.01. The molecule has 3 rings (SSSR count). The van der Waals surface area contributed by atoms with Crippen molar-refractivity contribution < 1.29 is 19.0 Å². The lowest BCUT2D eigenvalue weighted by molar-refractivity contribution is -0.118. The van der Waals surface area contributed by atoms with Crippen LogP contribution in [0.1, 0.15) is 20.1 Å². The summed E-state index contributed by atoms with van der Waals surface area (Å²) in [6.07, 6.45) is -4.06. The summed E-state index contributed by atoms with van der Waals surface area (Å²) >= 11 is 0. The van der Waals surface area contributed by atoms with Gasteiger partial charge in [-0.25, -0.2) is 9.37 Å². The van der Waals surface area contributed by atoms with E-state index in [1.807, 2.05) is 0 Å². The Bertz CT molecular complexity index is 849. The zero-order valence-electron chi connectivity index (χ0n) is 13.6. The number of nitrogens with two attached hydrogens (primary N) is 1. The number of alkyl halides is 1. The van der Waals surface area contributed by atoms with E-state index >= 15 is 0 Å². The van der Waals surface area contributed by atoms with Crippen molar-refractivity contribution in [1.82, 2.24) is 19.5 Å². The van der Waals surface area contributed by atoms with Crippen molar-refractivity contribution in [3.63, 3.8) is 0 Å². The van der Waals surface area contributed by atoms with Crippen molar-refractivity contribution in [1.29, 1.82) is 0 Å². The van der Waals surface area contributed by atoms with Gasteiger partial charge >= 0.3 is 0 Å². The van der Waals surface area contributed by atoms with Gasteiger partial charge in [0.15, 0.2) is 23.6 Å². The zero-order chi connectivity index (χ0) is 18.3. The highest BCUT2D eigenvalue weighted by Crippen LogP contribution is 2.32. The minimum absolute atomic E-state index is 0.0281. The molecule has 0 aliphatic carbocycles. The molecular weight excluding hydrogens is 335 g/mol. The van der Waals surface area contributed by atoms with Gasteiger partial charge in [-0.1, -0.05) is 13.8 Å². The molecule has 0 spiro atoms. The maximum atomic E-state index is 14.4. The molecule has 1 amide bonds. The standard InChI is InChI=1S/C14H19FN6O4/c1-5(2)11(23)19-14-18-10-8(12(24)20-14)17-4-21(10)13-7(15)9(22)6(3-16)25-13/h4-7,9,13,22H,3,16H2,1-2H3,(H2,18,19,20,23,24)/t6-,7-,9-,13-/m1/s1. The van der Waals surface area contributed by atoms with Crippen LogP contribution in [-0.2, 0) is 9.53 Å². The number of rotatable bonds is 4. The molecule has 0 radical (unpaired) electrons. The number of carbonyl (C=O) groups excluding carboxylic acids is 1. The Morgan fingerprint density at radius 1 is 1.60 bits per heavy atom. The molecule has 1 aliphatic heterocycles. The Labute approximate surface area is 141 Å². The molecule has 3 heterocycles. The molecule has 1 aliphatic rings. The number of imidazole rings is 1. The fourth-order valence-electron chi connectivity index (χ4n) is 2.55. The molecule has 2 aromatic heterocycles. The highest BCUT2D eigenvalue weighted by molar-refractivity contribution is 5.91. The van der Waals surface area contributed by atoms with Crippen molar-refractivity contribution in [2.75, 3.05) is 11.9 Å². The fourth-order valence-corrected chi connectivity index (χ4v) is 2.55. The maximum absolute atomic E-state index is 14.4. The van der Waals surface area contributed by atoms with E-state index in [0.717, 1.165) is 0 Å². The second kappa shape index (κ2) is 6.50. The molecule has 0 aromatic carbocycles. The third-order valence-electron chi connectivity index (χ3n) is 4.00. The molecule has 1 saturated heterocycles. The van der Waals surface area contributed by atoms with E-state index in [4.69, 9.17) is 10.5 Å². The topological polar surface area (TPSA) is 148 Å². The monoisotopic (exact) mass is 354 g/mol. The van der Waals surface area contributed by atoms with Gasteiger partial charge in [-0.2, -0.15) is 4.98 Å². The first kappa shape index (κ1) is 17.5. The van der Waals surface area contributed by atoms with E-state index in [0.29, 0.717) is 0 Å². The Morgan fingerprint density at radius 3 is 2.92 bits per heavy atom. The summed E-state index contributed by atoms with van der Waals surface area (Å²) in [5, 5.41) is 12.3. The molecule has 25 heavy (non-hydrogen) atoms. The fraction of sp³-hybridized carbons (Fsp3) is 0.571. The number of fused-ring (bicyclic) bond motifs is 1. The number of nitrogens with one attached hydrogen (secondary N) is 2. The highest BCUT2D eigenvalue weighted by Gasteiger charge is 2.45. The first-order valence-electron chi connectivity index (χ1n) is 7.78. The Morgan fingerprint density at radius 2 is 2.32 bits per heavy atom. The summed E-state index contributed by atoms with van der Waals surface area (Å²) in [5.74, 6) is -0.741. The lowest BCUT2D eigenvalue weighted by Crippen LogP contribution is -2.33. The number of halogens is 1. The van der Waals surface area contributed by atoms with Crippen molar-refractivity contribution in [2.45, 2.75) is 38.5 Å². The molecule has 4 atom stereocenters. The number of hydrogen-bond acceptors (Lipinski definition) is 7. The van der Waals surface area contributed by atoms with Gasteiger partial charge in [-0.05, 0) is 0 Å². The summed E-state index contributed by atoms with van der Waals surface area (Å²) in [7, 11) is 0. The van der Waals surface area contributed by atoms with Crippen molar-refractivity contribution >= 4 is 23.0 Å². The quantitative estimate of drug-likeness (QED) is 0.565. The van der Waals surface area contributed by atoms with E-state index in [1.54, 1.807) is 13.8 Å². The normalized spacial score (nSPS) is 26.5. The number of anilines is 1. The molecule has 5 N–H and O–H groups in total. The van der Waals surface area contributed by atoms with Crippen LogP contribution in [0.2, 0.25) is 0 Å². The number of ether oxygens (including phenoxy) is 1. The number of amides is 1. The Kier molecular flexibility index (Phi) is 4.54. The molecule has 0 unspecified atom stereocenters. The maximum Gasteiger partial charge on any atom is 0.280 e. The first-order chi connectivity index (χ1) is 11.8. The second-order valence-corrected chi connectivity index (χ2v) is 6.12. The molecule has 10 nitrogen and oxygen atoms in total. The number of aromatic nitrogens is 4. The van der Waals surface area contributed by atoms with Crippen LogP contribution in [0.15, 0.2) is 11.1 Å². The smallest absolute Gasteiger partial charge is 0.280 e. The van der Waals surface area contributed by atoms with Crippen LogP contribution in [-0.4, -0.2) is 55.5 Å². The summed E-state index contributed by atoms with van der Waals surface area (Å²) in [6.45, 7) is 3.31. The Hall–Kier alpha value is -2.37. The minimum atomic E-state index is -1.76. The second-order valence-electron chi connectivity index (χ2n) is 6.12. The van der Waals surface area contributed by atoms with Gasteiger partial charge in [0.05, 0.1) is 6.33 Å². The van der Waals surface area contributed by atoms with Crippen LogP contribution in [0.5, 0.6) is 0 Å². The zero-order valence-corrected chi connectivity index (χ0v) is 13.6. The minimum Gasteiger partial charge on any atom is -0.387 e. The van der Waals surface area contributed by atoms with E-state index in [-0.39, 0.29) is 35.5 Å². The van der Waals surface area contributed by atoms with Crippen LogP contribution in [0.3, 0.4) is 0 Å². The molecular formula is C14H19FN6O4. The SMILES string of the molecule is CC(C)C(=O)Nc1nc2c(ncn2[C@@H]2O[C@H](CN)[C@@H](O)[C@H]2F)c(=O)[nH]1. The molecule has 0 saturated carbocycles. The average molecular weight is 354 g/mol. The summed E-state index contributed by atoms with van der Waals surface area (Å²) in [6, 6.07) is 0. The van der Waals surface area contributed by atoms with Crippen LogP contribution >= 0.6 is 0 Å². The van der Waals surface area contributed by atoms with Crippen molar-refractivity contribution in [3.05, 3.63) is 16.7 Å². The predicted molar refractivity (Wildman–Crippen MR) is 85.5 cm³/mol. The van der Waals surface area contributed by atoms with Crippen LogP contribution in [0.25, 0.3) is 11.2 Å². The summed E-state index contributed by atoms with van der Waals surface area (Å²) < 4.78 is 21.0. The van der Waals surface area contributed by atoms with E-state index in [2.05, 4.69) is 20.3 Å². The van der Waals surface area contributed by atoms with Crippen LogP contribution in [0.4, 0.5) is 10.3 Å². The van der Waals surface area contributed by atoms with E-state index in [1.165, 1.54) is 10.9 Å². The van der Waals surface area contributed by atoms with Gasteiger partial charge < -0.3 is 15.6 Å². The van der Waals surface area contributed by atoms with E-state index < -0.39 is 30.2 Å². The van der Waals surface area contributed by atoms with Gasteiger partial charge in [0.25, 0.3) is 5.56 Å². The van der Waals surface area contributed by atoms with E-state index in [9.17, 15) is 19.1 Å². The van der Waals surface area contributed by atoms with Crippen LogP contribution < -0.4 is 16.6 Å². The van der Waals surface area contributed by atoms with Crippen molar-refractivity contribution in [3.8, 4) is 0 Å². The van der Waals surface area contributed by atoms with Gasteiger partial charge in [0, 0.05) is 12.5 Å². The molecule has 11 heteroatoms. The number of H-pyrrole nitrogens is 1. The van der Waals surface area contributed by atoms with Gasteiger partial charge in [-0.3, -0.25) is 24.5 Å². The summed E-state index contributed by atoms with van der Waals surface area (Å²) in [5.41, 5.74) is 4.85. The van der Waals surface area contributed by atoms with Gasteiger partial charge in [-0.15, -0.1) is 0 Å². The third-order valence-corrected chi connectivity index (χ3v) is 4.00. The van der Waals surface area contributed by atoms with Gasteiger partial charge in [0.2, 0.25) is 11.9 Å². The van der Waals surface area contributed by atoms with Crippen molar-refractivity contribution in [2.24, 2.45) is 11.7 Å². The lowest BCUT2D eigenvalue weighted by atomic mass is 10.1. The largest absolute Gasteiger partial charge is 0.387 e. The molecule has 0 bridgehead atoms.